The van der Waals surface area contributed by atoms with Crippen LogP contribution in [-0.2, 0) is 15.0 Å². The van der Waals surface area contributed by atoms with Gasteiger partial charge in [0, 0.05) is 14.4 Å². The van der Waals surface area contributed by atoms with Gasteiger partial charge in [-0.2, -0.15) is 0 Å². The van der Waals surface area contributed by atoms with Crippen LogP contribution in [0.25, 0.3) is 0 Å². The Labute approximate surface area is 208 Å². The molecule has 4 rings (SSSR count). The number of benzene rings is 1. The third kappa shape index (κ3) is 5.50. The Bertz CT molecular complexity index is 873. The largest absolute Gasteiger partial charge is 0.347 e. The van der Waals surface area contributed by atoms with Crippen LogP contribution in [0.2, 0.25) is 0 Å². The van der Waals surface area contributed by atoms with E-state index in [4.69, 9.17) is 0 Å². The normalized spacial score (nSPS) is 25.1. The van der Waals surface area contributed by atoms with Crippen LogP contribution in [0.1, 0.15) is 104 Å². The molecule has 1 spiro atoms. The van der Waals surface area contributed by atoms with Crippen LogP contribution in [0.3, 0.4) is 0 Å². The highest BCUT2D eigenvalue weighted by molar-refractivity contribution is 5.88. The molecule has 1 aliphatic carbocycles. The number of fused-ring (bicyclic) bond motifs is 2. The lowest BCUT2D eigenvalue weighted by atomic mass is 9.63. The van der Waals surface area contributed by atoms with Gasteiger partial charge in [0.25, 0.3) is 0 Å². The van der Waals surface area contributed by atoms with E-state index in [0.717, 1.165) is 45.2 Å². The fourth-order valence-corrected chi connectivity index (χ4v) is 6.34. The van der Waals surface area contributed by atoms with Gasteiger partial charge in [-0.3, -0.25) is 9.59 Å². The Balaban J connectivity index is 0.00000342. The van der Waals surface area contributed by atoms with Gasteiger partial charge in [-0.1, -0.05) is 52.0 Å². The third-order valence-electron chi connectivity index (χ3n) is 8.56. The summed E-state index contributed by atoms with van der Waals surface area (Å²) >= 11 is 0. The van der Waals surface area contributed by atoms with Crippen LogP contribution in [0, 0.1) is 5.41 Å². The van der Waals surface area contributed by atoms with E-state index in [2.05, 4.69) is 55.3 Å². The van der Waals surface area contributed by atoms with Crippen molar-refractivity contribution >= 4 is 11.8 Å². The van der Waals surface area contributed by atoms with E-state index in [1.165, 1.54) is 36.9 Å². The average molecular weight is 470 g/mol. The van der Waals surface area contributed by atoms with Gasteiger partial charge in [0.1, 0.15) is 6.04 Å². The van der Waals surface area contributed by atoms with Crippen molar-refractivity contribution in [3.63, 3.8) is 0 Å². The second-order valence-electron chi connectivity index (χ2n) is 12.1. The van der Waals surface area contributed by atoms with Gasteiger partial charge in [0.15, 0.2) is 0 Å². The van der Waals surface area contributed by atoms with E-state index < -0.39 is 0 Å². The summed E-state index contributed by atoms with van der Waals surface area (Å²) in [6, 6.07) is 8.56. The molecule has 34 heavy (non-hydrogen) atoms. The maximum absolute atomic E-state index is 13.4. The maximum atomic E-state index is 13.4. The summed E-state index contributed by atoms with van der Waals surface area (Å²) in [6.45, 7) is 13.1. The highest BCUT2D eigenvalue weighted by Gasteiger charge is 2.43. The maximum Gasteiger partial charge on any atom is 0.243 e. The molecule has 0 radical (unpaired) electrons. The minimum Gasteiger partial charge on any atom is -0.347 e. The van der Waals surface area contributed by atoms with Crippen molar-refractivity contribution in [2.24, 2.45) is 5.41 Å². The first-order chi connectivity index (χ1) is 16.2. The zero-order valence-corrected chi connectivity index (χ0v) is 21.9. The number of hydrogen-bond acceptors (Lipinski definition) is 3. The molecule has 2 heterocycles. The zero-order chi connectivity index (χ0) is 24.3. The van der Waals surface area contributed by atoms with E-state index in [0.29, 0.717) is 18.4 Å². The molecule has 5 nitrogen and oxygen atoms in total. The molecule has 0 aromatic heterocycles. The summed E-state index contributed by atoms with van der Waals surface area (Å²) < 4.78 is 0. The Kier molecular flexibility index (Phi) is 7.71. The summed E-state index contributed by atoms with van der Waals surface area (Å²) in [5.41, 5.74) is 3.38. The standard InChI is InChI=1S/C29H45N3O2.H2/c1-5-26(33)32-18-9-8-12-25(32)27(34)30-24-13-14-29(23-11-7-6-10-22(23)24)16-20-31(21-17-29)19-15-28(2,3)4;/h6-7,10-11,24-25H,5,8-9,12-21H2,1-4H3,(H,30,34);1H/t24-,25?;/m1./s1. The molecule has 5 heteroatoms. The van der Waals surface area contributed by atoms with Crippen molar-refractivity contribution < 1.29 is 11.0 Å². The number of nitrogens with one attached hydrogen (secondary N) is 1. The highest BCUT2D eigenvalue weighted by Crippen LogP contribution is 2.48. The number of piperidine rings is 2. The number of carbonyl (C=O) groups is 2. The average Bonchev–Trinajstić information content (AvgIpc) is 2.84. The number of hydrogen-bond donors (Lipinski definition) is 1. The smallest absolute Gasteiger partial charge is 0.243 e. The summed E-state index contributed by atoms with van der Waals surface area (Å²) in [5, 5.41) is 3.38. The minimum atomic E-state index is -0.310. The molecule has 2 saturated heterocycles. The Morgan fingerprint density at radius 1 is 1.06 bits per heavy atom. The predicted molar refractivity (Wildman–Crippen MR) is 140 cm³/mol. The van der Waals surface area contributed by atoms with Crippen LogP contribution in [-0.4, -0.2) is 53.8 Å². The first kappa shape index (κ1) is 25.2. The van der Waals surface area contributed by atoms with Crippen LogP contribution in [0.5, 0.6) is 0 Å². The lowest BCUT2D eigenvalue weighted by molar-refractivity contribution is -0.142. The van der Waals surface area contributed by atoms with Gasteiger partial charge in [-0.15, -0.1) is 0 Å². The highest BCUT2D eigenvalue weighted by atomic mass is 16.2. The molecule has 1 aromatic rings. The topological polar surface area (TPSA) is 52.7 Å². The van der Waals surface area contributed by atoms with E-state index >= 15 is 0 Å². The quantitative estimate of drug-likeness (QED) is 0.624. The molecule has 190 valence electrons. The zero-order valence-electron chi connectivity index (χ0n) is 21.9. The molecule has 1 aromatic carbocycles. The van der Waals surface area contributed by atoms with Crippen molar-refractivity contribution in [2.75, 3.05) is 26.2 Å². The number of amides is 2. The van der Waals surface area contributed by atoms with E-state index in [9.17, 15) is 9.59 Å². The summed E-state index contributed by atoms with van der Waals surface area (Å²) in [6.07, 6.45) is 9.02. The fourth-order valence-electron chi connectivity index (χ4n) is 6.34. The number of likely N-dealkylation sites (tertiary alicyclic amines) is 2. The molecule has 2 fully saturated rings. The molecule has 2 atom stereocenters. The monoisotopic (exact) mass is 469 g/mol. The van der Waals surface area contributed by atoms with Gasteiger partial charge in [0.2, 0.25) is 11.8 Å². The van der Waals surface area contributed by atoms with E-state index in [1.807, 2.05) is 11.8 Å². The first-order valence-corrected chi connectivity index (χ1v) is 13.6. The molecular weight excluding hydrogens is 422 g/mol. The number of carbonyl (C=O) groups excluding carboxylic acids is 2. The molecule has 0 saturated carbocycles. The SMILES string of the molecule is CCC(=O)N1CCCCC1C(=O)N[C@@H]1CCC2(CCN(CCC(C)(C)C)CC2)c2ccccc21.[HH]. The van der Waals surface area contributed by atoms with Crippen molar-refractivity contribution in [3.8, 4) is 0 Å². The third-order valence-corrected chi connectivity index (χ3v) is 8.56. The van der Waals surface area contributed by atoms with Crippen molar-refractivity contribution in [2.45, 2.75) is 103 Å². The van der Waals surface area contributed by atoms with Crippen LogP contribution >= 0.6 is 0 Å². The lowest BCUT2D eigenvalue weighted by Gasteiger charge is -2.48. The van der Waals surface area contributed by atoms with Crippen molar-refractivity contribution in [1.29, 1.82) is 0 Å². The van der Waals surface area contributed by atoms with E-state index in [-0.39, 0.29) is 30.7 Å². The molecule has 2 amide bonds. The Morgan fingerprint density at radius 2 is 1.79 bits per heavy atom. The van der Waals surface area contributed by atoms with Crippen molar-refractivity contribution in [1.82, 2.24) is 15.1 Å². The van der Waals surface area contributed by atoms with Crippen molar-refractivity contribution in [3.05, 3.63) is 35.4 Å². The van der Waals surface area contributed by atoms with E-state index in [1.54, 1.807) is 0 Å². The predicted octanol–water partition coefficient (Wildman–Crippen LogP) is 5.44. The van der Waals surface area contributed by atoms with Crippen LogP contribution in [0.15, 0.2) is 24.3 Å². The summed E-state index contributed by atoms with van der Waals surface area (Å²) in [5.74, 6) is 0.135. The van der Waals surface area contributed by atoms with Gasteiger partial charge in [-0.05, 0) is 93.0 Å². The summed E-state index contributed by atoms with van der Waals surface area (Å²) in [7, 11) is 0. The number of rotatable bonds is 5. The first-order valence-electron chi connectivity index (χ1n) is 13.6. The van der Waals surface area contributed by atoms with Gasteiger partial charge in [-0.25, -0.2) is 0 Å². The molecule has 1 unspecified atom stereocenters. The fraction of sp³-hybridized carbons (Fsp3) is 0.724. The molecule has 3 aliphatic rings. The molecule has 2 aliphatic heterocycles. The van der Waals surface area contributed by atoms with Crippen LogP contribution in [0.4, 0.5) is 0 Å². The number of nitrogens with zero attached hydrogens (tertiary/aromatic N) is 2. The van der Waals surface area contributed by atoms with Gasteiger partial charge in [0.05, 0.1) is 6.04 Å². The van der Waals surface area contributed by atoms with Crippen LogP contribution < -0.4 is 5.32 Å². The second kappa shape index (κ2) is 10.4. The molecule has 1 N–H and O–H groups in total. The Hall–Kier alpha value is -1.88. The summed E-state index contributed by atoms with van der Waals surface area (Å²) in [4.78, 5) is 30.3. The molecule has 0 bridgehead atoms. The Morgan fingerprint density at radius 3 is 2.50 bits per heavy atom. The molecular formula is C29H47N3O2. The van der Waals surface area contributed by atoms with Gasteiger partial charge >= 0.3 is 0 Å². The lowest BCUT2D eigenvalue weighted by Crippen LogP contribution is -2.53. The second-order valence-corrected chi connectivity index (χ2v) is 12.1. The minimum absolute atomic E-state index is 0. The van der Waals surface area contributed by atoms with Gasteiger partial charge < -0.3 is 15.1 Å².